The van der Waals surface area contributed by atoms with E-state index in [0.29, 0.717) is 6.54 Å². The lowest BCUT2D eigenvalue weighted by atomic mass is 10.0. The lowest BCUT2D eigenvalue weighted by molar-refractivity contribution is -0.123. The van der Waals surface area contributed by atoms with E-state index in [2.05, 4.69) is 15.6 Å². The Labute approximate surface area is 114 Å². The van der Waals surface area contributed by atoms with Crippen LogP contribution in [0.4, 0.5) is 0 Å². The molecule has 1 atom stereocenters. The van der Waals surface area contributed by atoms with Crippen molar-refractivity contribution in [2.24, 2.45) is 0 Å². The molecule has 0 aromatic carbocycles. The standard InChI is InChI=1S/C13H19N3O.ClH/c1-10-8-14-7-5-11(10)9-16-13(17)12-4-2-3-6-15-12;/h5,7-8,12,15H,2-4,6,9H2,1H3,(H,16,17);1H/t12-;/m0./s1. The van der Waals surface area contributed by atoms with Crippen molar-refractivity contribution in [2.45, 2.75) is 38.8 Å². The first-order chi connectivity index (χ1) is 8.27. The Morgan fingerprint density at radius 1 is 1.56 bits per heavy atom. The van der Waals surface area contributed by atoms with Crippen LogP contribution in [0.15, 0.2) is 18.5 Å². The molecule has 1 fully saturated rings. The molecule has 5 heteroatoms. The van der Waals surface area contributed by atoms with Crippen molar-refractivity contribution in [3.8, 4) is 0 Å². The number of aromatic nitrogens is 1. The van der Waals surface area contributed by atoms with E-state index in [4.69, 9.17) is 0 Å². The molecule has 0 aliphatic carbocycles. The largest absolute Gasteiger partial charge is 0.351 e. The summed E-state index contributed by atoms with van der Waals surface area (Å²) in [6.07, 6.45) is 6.83. The summed E-state index contributed by atoms with van der Waals surface area (Å²) in [5.74, 6) is 0.112. The van der Waals surface area contributed by atoms with Gasteiger partial charge in [-0.1, -0.05) is 6.42 Å². The summed E-state index contributed by atoms with van der Waals surface area (Å²) in [6, 6.07) is 1.94. The van der Waals surface area contributed by atoms with Gasteiger partial charge in [-0.05, 0) is 43.5 Å². The van der Waals surface area contributed by atoms with Gasteiger partial charge in [0.15, 0.2) is 0 Å². The smallest absolute Gasteiger partial charge is 0.237 e. The Kier molecular flexibility index (Phi) is 6.09. The number of nitrogens with zero attached hydrogens (tertiary/aromatic N) is 1. The third-order valence-corrected chi connectivity index (χ3v) is 3.22. The van der Waals surface area contributed by atoms with Gasteiger partial charge in [0, 0.05) is 18.9 Å². The fourth-order valence-electron chi connectivity index (χ4n) is 2.08. The second-order valence-corrected chi connectivity index (χ2v) is 4.52. The molecular weight excluding hydrogens is 250 g/mol. The summed E-state index contributed by atoms with van der Waals surface area (Å²) < 4.78 is 0. The number of hydrogen-bond donors (Lipinski definition) is 2. The molecule has 1 aromatic rings. The van der Waals surface area contributed by atoms with E-state index in [0.717, 1.165) is 30.5 Å². The normalized spacial score (nSPS) is 18.8. The molecule has 0 spiro atoms. The van der Waals surface area contributed by atoms with E-state index < -0.39 is 0 Å². The average molecular weight is 270 g/mol. The highest BCUT2D eigenvalue weighted by Crippen LogP contribution is 2.08. The predicted octanol–water partition coefficient (Wildman–Crippen LogP) is 1.57. The second-order valence-electron chi connectivity index (χ2n) is 4.52. The van der Waals surface area contributed by atoms with Crippen molar-refractivity contribution in [2.75, 3.05) is 6.54 Å². The number of pyridine rings is 1. The molecule has 0 unspecified atom stereocenters. The molecule has 0 radical (unpaired) electrons. The van der Waals surface area contributed by atoms with Crippen molar-refractivity contribution in [3.63, 3.8) is 0 Å². The van der Waals surface area contributed by atoms with Gasteiger partial charge >= 0.3 is 0 Å². The molecule has 1 aliphatic heterocycles. The fraction of sp³-hybridized carbons (Fsp3) is 0.538. The van der Waals surface area contributed by atoms with Crippen LogP contribution in [0.3, 0.4) is 0 Å². The minimum Gasteiger partial charge on any atom is -0.351 e. The Balaban J connectivity index is 0.00000162. The first-order valence-electron chi connectivity index (χ1n) is 6.18. The van der Waals surface area contributed by atoms with Crippen LogP contribution < -0.4 is 10.6 Å². The van der Waals surface area contributed by atoms with Gasteiger partial charge in [0.2, 0.25) is 5.91 Å². The van der Waals surface area contributed by atoms with Crippen molar-refractivity contribution >= 4 is 18.3 Å². The molecule has 0 saturated carbocycles. The van der Waals surface area contributed by atoms with Gasteiger partial charge < -0.3 is 10.6 Å². The topological polar surface area (TPSA) is 54.0 Å². The highest BCUT2D eigenvalue weighted by Gasteiger charge is 2.19. The molecule has 2 rings (SSSR count). The highest BCUT2D eigenvalue weighted by atomic mass is 35.5. The first kappa shape index (κ1) is 14.9. The van der Waals surface area contributed by atoms with Crippen molar-refractivity contribution in [1.82, 2.24) is 15.6 Å². The number of aryl methyl sites for hydroxylation is 1. The van der Waals surface area contributed by atoms with Crippen LogP contribution in [0, 0.1) is 6.92 Å². The maximum Gasteiger partial charge on any atom is 0.237 e. The maximum atomic E-state index is 11.9. The summed E-state index contributed by atoms with van der Waals surface area (Å²) in [4.78, 5) is 15.9. The van der Waals surface area contributed by atoms with Crippen molar-refractivity contribution < 1.29 is 4.79 Å². The van der Waals surface area contributed by atoms with Crippen LogP contribution in [0.25, 0.3) is 0 Å². The Bertz CT molecular complexity index is 392. The van der Waals surface area contributed by atoms with Gasteiger partial charge in [0.05, 0.1) is 6.04 Å². The summed E-state index contributed by atoms with van der Waals surface area (Å²) in [5, 5.41) is 6.23. The van der Waals surface area contributed by atoms with E-state index in [1.54, 1.807) is 6.20 Å². The number of carbonyl (C=O) groups excluding carboxylic acids is 1. The van der Waals surface area contributed by atoms with Gasteiger partial charge in [-0.3, -0.25) is 9.78 Å². The quantitative estimate of drug-likeness (QED) is 0.876. The summed E-state index contributed by atoms with van der Waals surface area (Å²) in [6.45, 7) is 3.55. The van der Waals surface area contributed by atoms with Gasteiger partial charge in [0.25, 0.3) is 0 Å². The number of amides is 1. The van der Waals surface area contributed by atoms with Crippen LogP contribution in [0.2, 0.25) is 0 Å². The zero-order valence-corrected chi connectivity index (χ0v) is 11.4. The predicted molar refractivity (Wildman–Crippen MR) is 73.7 cm³/mol. The van der Waals surface area contributed by atoms with E-state index in [9.17, 15) is 4.79 Å². The number of rotatable bonds is 3. The highest BCUT2D eigenvalue weighted by molar-refractivity contribution is 5.85. The SMILES string of the molecule is Cc1cnccc1CNC(=O)[C@@H]1CCCCN1.Cl. The van der Waals surface area contributed by atoms with Crippen LogP contribution in [-0.2, 0) is 11.3 Å². The minimum absolute atomic E-state index is 0. The molecule has 1 aromatic heterocycles. The number of piperidine rings is 1. The van der Waals surface area contributed by atoms with Gasteiger partial charge in [-0.25, -0.2) is 0 Å². The summed E-state index contributed by atoms with van der Waals surface area (Å²) in [5.41, 5.74) is 2.24. The van der Waals surface area contributed by atoms with Crippen molar-refractivity contribution in [3.05, 3.63) is 29.6 Å². The lowest BCUT2D eigenvalue weighted by Crippen LogP contribution is -2.46. The molecular formula is C13H20ClN3O. The van der Waals surface area contributed by atoms with Crippen LogP contribution in [0.5, 0.6) is 0 Å². The number of nitrogens with one attached hydrogen (secondary N) is 2. The molecule has 1 saturated heterocycles. The zero-order valence-electron chi connectivity index (χ0n) is 10.6. The molecule has 2 heterocycles. The molecule has 100 valence electrons. The van der Waals surface area contributed by atoms with Gasteiger partial charge in [0.1, 0.15) is 0 Å². The maximum absolute atomic E-state index is 11.9. The number of carbonyl (C=O) groups is 1. The van der Waals surface area contributed by atoms with Crippen molar-refractivity contribution in [1.29, 1.82) is 0 Å². The van der Waals surface area contributed by atoms with Gasteiger partial charge in [-0.2, -0.15) is 0 Å². The minimum atomic E-state index is -0.00843. The Morgan fingerprint density at radius 2 is 2.39 bits per heavy atom. The van der Waals surface area contributed by atoms with E-state index in [1.165, 1.54) is 6.42 Å². The molecule has 1 amide bonds. The van der Waals surface area contributed by atoms with Gasteiger partial charge in [-0.15, -0.1) is 12.4 Å². The monoisotopic (exact) mass is 269 g/mol. The van der Waals surface area contributed by atoms with E-state index in [1.807, 2.05) is 19.2 Å². The van der Waals surface area contributed by atoms with Crippen LogP contribution in [-0.4, -0.2) is 23.5 Å². The van der Waals surface area contributed by atoms with Crippen LogP contribution in [0.1, 0.15) is 30.4 Å². The Hall–Kier alpha value is -1.13. The molecule has 18 heavy (non-hydrogen) atoms. The molecule has 1 aliphatic rings. The second kappa shape index (κ2) is 7.34. The average Bonchev–Trinajstić information content (AvgIpc) is 2.38. The van der Waals surface area contributed by atoms with E-state index >= 15 is 0 Å². The number of hydrogen-bond acceptors (Lipinski definition) is 3. The summed E-state index contributed by atoms with van der Waals surface area (Å²) in [7, 11) is 0. The zero-order chi connectivity index (χ0) is 12.1. The van der Waals surface area contributed by atoms with Crippen LogP contribution >= 0.6 is 12.4 Å². The molecule has 0 bridgehead atoms. The number of halogens is 1. The summed E-state index contributed by atoms with van der Waals surface area (Å²) >= 11 is 0. The third-order valence-electron chi connectivity index (χ3n) is 3.22. The first-order valence-corrected chi connectivity index (χ1v) is 6.18. The lowest BCUT2D eigenvalue weighted by Gasteiger charge is -2.22. The fourth-order valence-corrected chi connectivity index (χ4v) is 2.08. The third kappa shape index (κ3) is 3.96. The Morgan fingerprint density at radius 3 is 3.06 bits per heavy atom. The van der Waals surface area contributed by atoms with E-state index in [-0.39, 0.29) is 24.4 Å². The molecule has 4 nitrogen and oxygen atoms in total. The molecule has 2 N–H and O–H groups in total.